The van der Waals surface area contributed by atoms with Gasteiger partial charge in [-0.2, -0.15) is 0 Å². The maximum absolute atomic E-state index is 10.7. The van der Waals surface area contributed by atoms with E-state index in [1.54, 1.807) is 0 Å². The van der Waals surface area contributed by atoms with Gasteiger partial charge in [0.25, 0.3) is 0 Å². The molecule has 0 heterocycles. The lowest BCUT2D eigenvalue weighted by Gasteiger charge is -2.04. The van der Waals surface area contributed by atoms with Crippen LogP contribution in [0, 0.1) is 0 Å². The van der Waals surface area contributed by atoms with Crippen molar-refractivity contribution in [2.75, 3.05) is 26.3 Å². The number of unbranched alkanes of at least 4 members (excludes halogenated alkanes) is 7. The van der Waals surface area contributed by atoms with E-state index in [2.05, 4.69) is 10.6 Å². The molecule has 0 aromatic carbocycles. The van der Waals surface area contributed by atoms with Crippen molar-refractivity contribution in [1.29, 1.82) is 0 Å². The topological polar surface area (TPSA) is 98.7 Å². The third kappa shape index (κ3) is 13.3. The van der Waals surface area contributed by atoms with Crippen molar-refractivity contribution in [3.8, 4) is 0 Å². The second-order valence-corrected chi connectivity index (χ2v) is 4.84. The average Bonchev–Trinajstić information content (AvgIpc) is 2.47. The first-order valence-electron chi connectivity index (χ1n) is 7.45. The van der Waals surface area contributed by atoms with Crippen LogP contribution in [-0.2, 0) is 9.59 Å². The third-order valence-corrected chi connectivity index (χ3v) is 3.04. The van der Waals surface area contributed by atoms with Crippen molar-refractivity contribution in [1.82, 2.24) is 10.6 Å². The van der Waals surface area contributed by atoms with E-state index < -0.39 is 13.2 Å². The largest absolute Gasteiger partial charge is 0.387 e. The second kappa shape index (κ2) is 14.3. The minimum atomic E-state index is -0.432. The van der Waals surface area contributed by atoms with Crippen molar-refractivity contribution >= 4 is 11.8 Å². The number of rotatable bonds is 13. The molecule has 0 unspecified atom stereocenters. The zero-order chi connectivity index (χ0) is 15.1. The zero-order valence-corrected chi connectivity index (χ0v) is 12.2. The summed E-state index contributed by atoms with van der Waals surface area (Å²) in [6.07, 6.45) is 8.81. The Kier molecular flexibility index (Phi) is 13.5. The summed E-state index contributed by atoms with van der Waals surface area (Å²) >= 11 is 0. The van der Waals surface area contributed by atoms with E-state index in [0.29, 0.717) is 13.1 Å². The molecule has 6 nitrogen and oxygen atoms in total. The number of nitrogens with one attached hydrogen (secondary N) is 2. The lowest BCUT2D eigenvalue weighted by atomic mass is 10.1. The van der Waals surface area contributed by atoms with E-state index in [9.17, 15) is 9.59 Å². The molecule has 0 spiro atoms. The zero-order valence-electron chi connectivity index (χ0n) is 12.2. The van der Waals surface area contributed by atoms with E-state index in [0.717, 1.165) is 38.5 Å². The van der Waals surface area contributed by atoms with E-state index in [1.807, 2.05) is 0 Å². The van der Waals surface area contributed by atoms with Crippen LogP contribution in [-0.4, -0.2) is 48.3 Å². The van der Waals surface area contributed by atoms with Gasteiger partial charge in [-0.15, -0.1) is 0 Å². The molecule has 0 saturated heterocycles. The summed E-state index contributed by atoms with van der Waals surface area (Å²) in [5.41, 5.74) is 0. The van der Waals surface area contributed by atoms with Crippen LogP contribution < -0.4 is 10.6 Å². The molecule has 118 valence electrons. The molecule has 0 bridgehead atoms. The smallest absolute Gasteiger partial charge is 0.245 e. The fourth-order valence-electron chi connectivity index (χ4n) is 1.88. The normalized spacial score (nSPS) is 10.3. The van der Waals surface area contributed by atoms with E-state index >= 15 is 0 Å². The predicted octanol–water partition coefficient (Wildman–Crippen LogP) is 0.324. The Bertz CT molecular complexity index is 234. The number of hydrogen-bond donors (Lipinski definition) is 4. The van der Waals surface area contributed by atoms with Gasteiger partial charge in [-0.1, -0.05) is 38.5 Å². The third-order valence-electron chi connectivity index (χ3n) is 3.04. The average molecular weight is 288 g/mol. The Morgan fingerprint density at radius 3 is 1.20 bits per heavy atom. The molecule has 0 radical (unpaired) electrons. The molecule has 0 aliphatic rings. The fourth-order valence-corrected chi connectivity index (χ4v) is 1.88. The molecular weight excluding hydrogens is 260 g/mol. The molecule has 0 rings (SSSR count). The van der Waals surface area contributed by atoms with Gasteiger partial charge < -0.3 is 20.8 Å². The summed E-state index contributed by atoms with van der Waals surface area (Å²) in [6, 6.07) is 0. The molecule has 0 aromatic rings. The summed E-state index contributed by atoms with van der Waals surface area (Å²) in [6.45, 7) is 0.422. The molecule has 0 aliphatic heterocycles. The molecule has 4 N–H and O–H groups in total. The van der Waals surface area contributed by atoms with Crippen molar-refractivity contribution < 1.29 is 19.8 Å². The van der Waals surface area contributed by atoms with Gasteiger partial charge in [0, 0.05) is 13.1 Å². The lowest BCUT2D eigenvalue weighted by molar-refractivity contribution is -0.124. The quantitative estimate of drug-likeness (QED) is 0.367. The van der Waals surface area contributed by atoms with Crippen LogP contribution in [0.15, 0.2) is 0 Å². The minimum Gasteiger partial charge on any atom is -0.387 e. The molecule has 0 atom stereocenters. The van der Waals surface area contributed by atoms with Gasteiger partial charge in [0.2, 0.25) is 11.8 Å². The first-order chi connectivity index (χ1) is 9.70. The van der Waals surface area contributed by atoms with Gasteiger partial charge in [0.1, 0.15) is 13.2 Å². The summed E-state index contributed by atoms with van der Waals surface area (Å²) in [7, 11) is 0. The summed E-state index contributed by atoms with van der Waals surface area (Å²) in [4.78, 5) is 21.5. The fraction of sp³-hybridized carbons (Fsp3) is 0.857. The molecule has 6 heteroatoms. The highest BCUT2D eigenvalue weighted by Gasteiger charge is 1.97. The number of carbonyl (C=O) groups is 2. The van der Waals surface area contributed by atoms with Crippen molar-refractivity contribution in [3.05, 3.63) is 0 Å². The second-order valence-electron chi connectivity index (χ2n) is 4.84. The van der Waals surface area contributed by atoms with E-state index in [-0.39, 0.29) is 11.8 Å². The van der Waals surface area contributed by atoms with Gasteiger partial charge in [0.15, 0.2) is 0 Å². The van der Waals surface area contributed by atoms with E-state index in [4.69, 9.17) is 10.2 Å². The molecule has 0 saturated carbocycles. The first kappa shape index (κ1) is 18.9. The Hall–Kier alpha value is -1.14. The van der Waals surface area contributed by atoms with Crippen LogP contribution in [0.3, 0.4) is 0 Å². The van der Waals surface area contributed by atoms with Crippen LogP contribution >= 0.6 is 0 Å². The summed E-state index contributed by atoms with van der Waals surface area (Å²) in [5.74, 6) is -0.614. The lowest BCUT2D eigenvalue weighted by Crippen LogP contribution is -2.27. The SMILES string of the molecule is O=C(CO)NCCCCCCCCCCNC(=O)CO. The minimum absolute atomic E-state index is 0.307. The van der Waals surface area contributed by atoms with E-state index in [1.165, 1.54) is 12.8 Å². The molecule has 20 heavy (non-hydrogen) atoms. The van der Waals surface area contributed by atoms with Gasteiger partial charge >= 0.3 is 0 Å². The maximum Gasteiger partial charge on any atom is 0.245 e. The number of aliphatic hydroxyl groups excluding tert-OH is 2. The first-order valence-corrected chi connectivity index (χ1v) is 7.45. The van der Waals surface area contributed by atoms with Gasteiger partial charge in [-0.3, -0.25) is 9.59 Å². The Labute approximate surface area is 120 Å². The van der Waals surface area contributed by atoms with Crippen molar-refractivity contribution in [2.45, 2.75) is 51.4 Å². The monoisotopic (exact) mass is 288 g/mol. The highest BCUT2D eigenvalue weighted by atomic mass is 16.3. The molecule has 0 aliphatic carbocycles. The number of carbonyl (C=O) groups excluding carboxylic acids is 2. The van der Waals surface area contributed by atoms with Gasteiger partial charge in [-0.05, 0) is 12.8 Å². The molecular formula is C14H28N2O4. The summed E-state index contributed by atoms with van der Waals surface area (Å²) in [5, 5.41) is 22.2. The van der Waals surface area contributed by atoms with Crippen LogP contribution in [0.25, 0.3) is 0 Å². The van der Waals surface area contributed by atoms with Gasteiger partial charge in [-0.25, -0.2) is 0 Å². The van der Waals surface area contributed by atoms with Crippen LogP contribution in [0.1, 0.15) is 51.4 Å². The highest BCUT2D eigenvalue weighted by Crippen LogP contribution is 2.07. The molecule has 0 fully saturated rings. The van der Waals surface area contributed by atoms with Crippen molar-refractivity contribution in [3.63, 3.8) is 0 Å². The Balaban J connectivity index is 3.06. The summed E-state index contributed by atoms with van der Waals surface area (Å²) < 4.78 is 0. The number of aliphatic hydroxyl groups is 2. The molecule has 2 amide bonds. The van der Waals surface area contributed by atoms with Crippen LogP contribution in [0.2, 0.25) is 0 Å². The predicted molar refractivity (Wildman–Crippen MR) is 77.1 cm³/mol. The Morgan fingerprint density at radius 1 is 0.600 bits per heavy atom. The van der Waals surface area contributed by atoms with Crippen LogP contribution in [0.4, 0.5) is 0 Å². The molecule has 0 aromatic heterocycles. The van der Waals surface area contributed by atoms with Crippen LogP contribution in [0.5, 0.6) is 0 Å². The standard InChI is InChI=1S/C14H28N2O4/c17-11-13(19)15-9-7-5-3-1-2-4-6-8-10-16-14(20)12-18/h17-18H,1-12H2,(H,15,19)(H,16,20). The highest BCUT2D eigenvalue weighted by molar-refractivity contribution is 5.77. The maximum atomic E-state index is 10.7. The number of hydrogen-bond acceptors (Lipinski definition) is 4. The van der Waals surface area contributed by atoms with Gasteiger partial charge in [0.05, 0.1) is 0 Å². The number of amides is 2. The van der Waals surface area contributed by atoms with Crippen molar-refractivity contribution in [2.24, 2.45) is 0 Å². The Morgan fingerprint density at radius 2 is 0.900 bits per heavy atom.